The summed E-state index contributed by atoms with van der Waals surface area (Å²) in [5, 5.41) is 3.77. The van der Waals surface area contributed by atoms with E-state index in [4.69, 9.17) is 27.6 Å². The van der Waals surface area contributed by atoms with Gasteiger partial charge in [0.15, 0.2) is 11.7 Å². The highest BCUT2D eigenvalue weighted by Gasteiger charge is 2.13. The van der Waals surface area contributed by atoms with Crippen molar-refractivity contribution >= 4 is 29.1 Å². The minimum atomic E-state index is -0.383. The van der Waals surface area contributed by atoms with Crippen LogP contribution in [0.4, 0.5) is 4.39 Å². The molecule has 2 heterocycles. The van der Waals surface area contributed by atoms with Crippen LogP contribution in [0, 0.1) is 12.7 Å². The van der Waals surface area contributed by atoms with E-state index in [1.165, 1.54) is 6.07 Å². The molecular weight excluding hydrogens is 454 g/mol. The lowest BCUT2D eigenvalue weighted by atomic mass is 10.2. The van der Waals surface area contributed by atoms with Crippen molar-refractivity contribution in [1.29, 1.82) is 0 Å². The fourth-order valence-electron chi connectivity index (χ4n) is 3.24. The Balaban J connectivity index is 1.31. The van der Waals surface area contributed by atoms with Crippen molar-refractivity contribution in [3.63, 3.8) is 0 Å². The topological polar surface area (TPSA) is 73.0 Å². The zero-order valence-electron chi connectivity index (χ0n) is 17.1. The van der Waals surface area contributed by atoms with Crippen LogP contribution < -0.4 is 5.32 Å². The van der Waals surface area contributed by atoms with E-state index < -0.39 is 0 Å². The average molecular weight is 473 g/mol. The lowest BCUT2D eigenvalue weighted by Gasteiger charge is -2.09. The Bertz CT molecular complexity index is 1270. The first-order chi connectivity index (χ1) is 15.4. The molecule has 0 aliphatic heterocycles. The second-order valence-electron chi connectivity index (χ2n) is 7.15. The van der Waals surface area contributed by atoms with Crippen LogP contribution in [0.1, 0.15) is 23.7 Å². The van der Waals surface area contributed by atoms with Crippen molar-refractivity contribution in [2.24, 2.45) is 0 Å². The second kappa shape index (κ2) is 9.54. The van der Waals surface area contributed by atoms with E-state index >= 15 is 0 Å². The molecule has 0 bridgehead atoms. The molecule has 0 atom stereocenters. The molecule has 0 saturated heterocycles. The van der Waals surface area contributed by atoms with Crippen molar-refractivity contribution in [1.82, 2.24) is 19.9 Å². The number of benzene rings is 2. The summed E-state index contributed by atoms with van der Waals surface area (Å²) in [5.41, 5.74) is 1.75. The minimum absolute atomic E-state index is 0.184. The quantitative estimate of drug-likeness (QED) is 0.383. The Morgan fingerprint density at radius 1 is 1.19 bits per heavy atom. The number of aryl methyl sites for hydroxylation is 2. The molecular formula is C23H19Cl2FN4O2. The molecule has 0 saturated carbocycles. The van der Waals surface area contributed by atoms with Gasteiger partial charge in [-0.15, -0.1) is 0 Å². The van der Waals surface area contributed by atoms with E-state index in [0.29, 0.717) is 50.8 Å². The first-order valence-corrected chi connectivity index (χ1v) is 10.6. The maximum Gasteiger partial charge on any atom is 0.220 e. The zero-order chi connectivity index (χ0) is 22.7. The van der Waals surface area contributed by atoms with Gasteiger partial charge in [-0.3, -0.25) is 4.79 Å². The Morgan fingerprint density at radius 3 is 2.75 bits per heavy atom. The molecule has 1 N–H and O–H groups in total. The third-order valence-corrected chi connectivity index (χ3v) is 5.45. The third-order valence-electron chi connectivity index (χ3n) is 4.90. The van der Waals surface area contributed by atoms with Crippen LogP contribution in [0.5, 0.6) is 0 Å². The van der Waals surface area contributed by atoms with Crippen LogP contribution in [-0.4, -0.2) is 20.4 Å². The fourth-order valence-corrected chi connectivity index (χ4v) is 3.74. The third kappa shape index (κ3) is 5.00. The highest BCUT2D eigenvalue weighted by molar-refractivity contribution is 6.36. The van der Waals surface area contributed by atoms with Gasteiger partial charge in [-0.1, -0.05) is 29.3 Å². The van der Waals surface area contributed by atoms with Crippen LogP contribution in [0.15, 0.2) is 59.4 Å². The maximum atomic E-state index is 14.5. The van der Waals surface area contributed by atoms with E-state index in [9.17, 15) is 9.18 Å². The normalized spacial score (nSPS) is 11.0. The molecule has 32 heavy (non-hydrogen) atoms. The number of aromatic nitrogens is 3. The summed E-state index contributed by atoms with van der Waals surface area (Å²) < 4.78 is 21.8. The molecule has 1 amide bonds. The Kier molecular flexibility index (Phi) is 6.58. The zero-order valence-corrected chi connectivity index (χ0v) is 18.6. The van der Waals surface area contributed by atoms with Gasteiger partial charge in [-0.2, -0.15) is 0 Å². The molecule has 164 valence electrons. The van der Waals surface area contributed by atoms with Crippen molar-refractivity contribution in [3.05, 3.63) is 88.1 Å². The van der Waals surface area contributed by atoms with Crippen LogP contribution in [-0.2, 0) is 17.8 Å². The number of halogens is 3. The van der Waals surface area contributed by atoms with Crippen LogP contribution >= 0.6 is 23.2 Å². The molecule has 0 unspecified atom stereocenters. The summed E-state index contributed by atoms with van der Waals surface area (Å²) in [6.07, 6.45) is 5.38. The van der Waals surface area contributed by atoms with Crippen LogP contribution in [0.25, 0.3) is 17.0 Å². The van der Waals surface area contributed by atoms with Crippen molar-refractivity contribution < 1.29 is 13.6 Å². The molecule has 0 fully saturated rings. The number of carbonyl (C=O) groups excluding carboxylic acids is 1. The highest BCUT2D eigenvalue weighted by Crippen LogP contribution is 2.30. The average Bonchev–Trinajstić information content (AvgIpc) is 3.40. The first-order valence-electron chi connectivity index (χ1n) is 9.86. The summed E-state index contributed by atoms with van der Waals surface area (Å²) in [5.74, 6) is 1.05. The molecule has 6 nitrogen and oxygen atoms in total. The number of oxazole rings is 1. The predicted molar refractivity (Wildman–Crippen MR) is 120 cm³/mol. The van der Waals surface area contributed by atoms with Gasteiger partial charge in [-0.05, 0) is 42.8 Å². The van der Waals surface area contributed by atoms with E-state index in [-0.39, 0.29) is 24.7 Å². The smallest absolute Gasteiger partial charge is 0.220 e. The van der Waals surface area contributed by atoms with Crippen LogP contribution in [0.3, 0.4) is 0 Å². The monoisotopic (exact) mass is 472 g/mol. The predicted octanol–water partition coefficient (Wildman–Crippen LogP) is 5.53. The lowest BCUT2D eigenvalue weighted by molar-refractivity contribution is -0.121. The molecule has 4 aromatic rings. The Labute approximate surface area is 194 Å². The molecule has 0 radical (unpaired) electrons. The second-order valence-corrected chi connectivity index (χ2v) is 7.99. The molecule has 0 aliphatic rings. The number of hydrogen-bond acceptors (Lipinski definition) is 4. The van der Waals surface area contributed by atoms with Crippen molar-refractivity contribution in [2.45, 2.75) is 26.3 Å². The van der Waals surface area contributed by atoms with Gasteiger partial charge >= 0.3 is 0 Å². The lowest BCUT2D eigenvalue weighted by Crippen LogP contribution is -2.23. The van der Waals surface area contributed by atoms with Gasteiger partial charge in [0.1, 0.15) is 11.6 Å². The number of amides is 1. The summed E-state index contributed by atoms with van der Waals surface area (Å²) >= 11 is 12.1. The van der Waals surface area contributed by atoms with E-state index in [2.05, 4.69) is 15.3 Å². The van der Waals surface area contributed by atoms with Gasteiger partial charge in [-0.25, -0.2) is 14.4 Å². The minimum Gasteiger partial charge on any atom is -0.441 e. The number of nitrogens with zero attached hydrogens (tertiary/aromatic N) is 3. The maximum absolute atomic E-state index is 14.5. The number of imidazole rings is 1. The number of nitrogens with one attached hydrogen (secondary N) is 1. The molecule has 0 spiro atoms. The Morgan fingerprint density at radius 2 is 2.03 bits per heavy atom. The highest BCUT2D eigenvalue weighted by atomic mass is 35.5. The molecule has 4 rings (SSSR count). The fraction of sp³-hybridized carbons (Fsp3) is 0.174. The number of carbonyl (C=O) groups is 1. The van der Waals surface area contributed by atoms with E-state index in [1.807, 2.05) is 0 Å². The summed E-state index contributed by atoms with van der Waals surface area (Å²) in [6.45, 7) is 2.02. The van der Waals surface area contributed by atoms with E-state index in [1.54, 1.807) is 60.4 Å². The van der Waals surface area contributed by atoms with Crippen molar-refractivity contribution in [3.8, 4) is 17.0 Å². The SMILES string of the molecule is Cc1nccn1-c1ccc(CNC(=O)CCc2ncc(-c3ccc(Cl)cc3Cl)o2)cc1F. The number of rotatable bonds is 7. The van der Waals surface area contributed by atoms with Gasteiger partial charge in [0.25, 0.3) is 0 Å². The standard InChI is InChI=1S/C23H19Cl2FN4O2/c1-14-27-8-9-30(14)20-5-2-15(10-19(20)26)12-28-22(31)6-7-23-29-13-21(32-23)17-4-3-16(24)11-18(17)25/h2-5,8-11,13H,6-7,12H2,1H3,(H,28,31). The Hall–Kier alpha value is -3.16. The van der Waals surface area contributed by atoms with Gasteiger partial charge < -0.3 is 14.3 Å². The number of hydrogen-bond donors (Lipinski definition) is 1. The van der Waals surface area contributed by atoms with Gasteiger partial charge in [0.2, 0.25) is 5.91 Å². The first kappa shape index (κ1) is 22.0. The largest absolute Gasteiger partial charge is 0.441 e. The summed E-state index contributed by atoms with van der Waals surface area (Å²) in [4.78, 5) is 20.5. The summed E-state index contributed by atoms with van der Waals surface area (Å²) in [6, 6.07) is 9.94. The molecule has 2 aromatic carbocycles. The molecule has 2 aromatic heterocycles. The van der Waals surface area contributed by atoms with E-state index in [0.717, 1.165) is 0 Å². The van der Waals surface area contributed by atoms with Gasteiger partial charge in [0.05, 0.1) is 16.9 Å². The molecule has 0 aliphatic carbocycles. The summed E-state index contributed by atoms with van der Waals surface area (Å²) in [7, 11) is 0. The van der Waals surface area contributed by atoms with Gasteiger partial charge in [0, 0.05) is 42.4 Å². The van der Waals surface area contributed by atoms with Crippen LogP contribution in [0.2, 0.25) is 10.0 Å². The molecule has 9 heteroatoms. The van der Waals surface area contributed by atoms with Crippen molar-refractivity contribution in [2.75, 3.05) is 0 Å².